The molecule has 0 saturated heterocycles. The zero-order valence-electron chi connectivity index (χ0n) is 17.4. The molecule has 2 aliphatic rings. The van der Waals surface area contributed by atoms with Crippen molar-refractivity contribution in [3.05, 3.63) is 51.6 Å². The number of likely N-dealkylation sites (N-methyl/N-ethyl adjacent to an activating group) is 2. The van der Waals surface area contributed by atoms with Crippen molar-refractivity contribution in [1.82, 2.24) is 19.3 Å². The Bertz CT molecular complexity index is 1110. The van der Waals surface area contributed by atoms with Gasteiger partial charge in [0.25, 0.3) is 11.8 Å². The second kappa shape index (κ2) is 7.56. The minimum Gasteiger partial charge on any atom is -0.505 e. The first-order valence-corrected chi connectivity index (χ1v) is 10.1. The predicted octanol–water partition coefficient (Wildman–Crippen LogP) is 1.90. The molecule has 8 nitrogen and oxygen atoms in total. The van der Waals surface area contributed by atoms with Crippen LogP contribution in [0.3, 0.4) is 0 Å². The normalized spacial score (nSPS) is 18.2. The summed E-state index contributed by atoms with van der Waals surface area (Å²) in [5, 5.41) is 10.8. The SMILES string of the molecule is CN(C)C(=O)C1CN(Cc2ccc(F)c(Cl)c2)C(=O)c2c(O)c3n(c21)CCN(C)C3=O. The number of hydrogen-bond acceptors (Lipinski definition) is 4. The van der Waals surface area contributed by atoms with Gasteiger partial charge in [0.2, 0.25) is 5.91 Å². The first kappa shape index (κ1) is 21.2. The van der Waals surface area contributed by atoms with Crippen LogP contribution in [0.2, 0.25) is 5.02 Å². The minimum atomic E-state index is -0.755. The van der Waals surface area contributed by atoms with Crippen molar-refractivity contribution in [3.63, 3.8) is 0 Å². The summed E-state index contributed by atoms with van der Waals surface area (Å²) in [5.74, 6) is -2.88. The number of carbonyl (C=O) groups is 3. The summed E-state index contributed by atoms with van der Waals surface area (Å²) in [7, 11) is 4.84. The Balaban J connectivity index is 1.82. The van der Waals surface area contributed by atoms with E-state index < -0.39 is 29.3 Å². The zero-order chi connectivity index (χ0) is 22.6. The molecule has 0 spiro atoms. The number of carbonyl (C=O) groups excluding carboxylic acids is 3. The van der Waals surface area contributed by atoms with Crippen LogP contribution in [0.5, 0.6) is 5.75 Å². The molecular weight excluding hydrogens is 427 g/mol. The Morgan fingerprint density at radius 2 is 1.97 bits per heavy atom. The molecule has 0 radical (unpaired) electrons. The lowest BCUT2D eigenvalue weighted by Gasteiger charge is -2.35. The number of amides is 3. The van der Waals surface area contributed by atoms with Gasteiger partial charge in [0, 0.05) is 53.0 Å². The minimum absolute atomic E-state index is 0.0235. The molecule has 164 valence electrons. The van der Waals surface area contributed by atoms with Crippen LogP contribution < -0.4 is 0 Å². The van der Waals surface area contributed by atoms with Gasteiger partial charge in [-0.1, -0.05) is 17.7 Å². The third-order valence-corrected chi connectivity index (χ3v) is 6.11. The number of aromatic nitrogens is 1. The molecule has 2 aliphatic heterocycles. The van der Waals surface area contributed by atoms with Crippen LogP contribution >= 0.6 is 11.6 Å². The van der Waals surface area contributed by atoms with Crippen LogP contribution in [0, 0.1) is 5.82 Å². The van der Waals surface area contributed by atoms with Crippen molar-refractivity contribution in [2.75, 3.05) is 34.2 Å². The van der Waals surface area contributed by atoms with Crippen LogP contribution in [0.1, 0.15) is 38.0 Å². The quantitative estimate of drug-likeness (QED) is 0.777. The van der Waals surface area contributed by atoms with Gasteiger partial charge in [-0.3, -0.25) is 14.4 Å². The van der Waals surface area contributed by atoms with Crippen molar-refractivity contribution in [1.29, 1.82) is 0 Å². The van der Waals surface area contributed by atoms with Gasteiger partial charge in [-0.25, -0.2) is 4.39 Å². The second-order valence-electron chi connectivity index (χ2n) is 8.06. The maximum Gasteiger partial charge on any atom is 0.274 e. The van der Waals surface area contributed by atoms with E-state index in [1.54, 1.807) is 25.7 Å². The molecule has 1 N–H and O–H groups in total. The molecule has 3 heterocycles. The molecule has 2 aromatic rings. The fraction of sp³-hybridized carbons (Fsp3) is 0.381. The van der Waals surface area contributed by atoms with Gasteiger partial charge in [0.15, 0.2) is 11.4 Å². The lowest BCUT2D eigenvalue weighted by molar-refractivity contribution is -0.130. The van der Waals surface area contributed by atoms with Crippen LogP contribution in [-0.2, 0) is 17.9 Å². The summed E-state index contributed by atoms with van der Waals surface area (Å²) < 4.78 is 15.1. The Morgan fingerprint density at radius 1 is 1.26 bits per heavy atom. The van der Waals surface area contributed by atoms with E-state index in [0.717, 1.165) is 0 Å². The average Bonchev–Trinajstić information content (AvgIpc) is 3.02. The number of nitrogens with zero attached hydrogens (tertiary/aromatic N) is 4. The van der Waals surface area contributed by atoms with Crippen molar-refractivity contribution in [2.45, 2.75) is 19.0 Å². The Hall–Kier alpha value is -3.07. The molecule has 1 atom stereocenters. The third kappa shape index (κ3) is 3.33. The van der Waals surface area contributed by atoms with Gasteiger partial charge < -0.3 is 24.4 Å². The smallest absolute Gasteiger partial charge is 0.274 e. The number of rotatable bonds is 3. The number of aromatic hydroxyl groups is 1. The summed E-state index contributed by atoms with van der Waals surface area (Å²) >= 11 is 5.87. The topological polar surface area (TPSA) is 86.1 Å². The lowest BCUT2D eigenvalue weighted by atomic mass is 9.93. The summed E-state index contributed by atoms with van der Waals surface area (Å²) in [4.78, 5) is 43.4. The molecule has 0 aliphatic carbocycles. The van der Waals surface area contributed by atoms with E-state index in [9.17, 15) is 23.9 Å². The number of halogens is 2. The van der Waals surface area contributed by atoms with Crippen molar-refractivity contribution in [2.24, 2.45) is 0 Å². The van der Waals surface area contributed by atoms with Gasteiger partial charge in [-0.15, -0.1) is 0 Å². The van der Waals surface area contributed by atoms with E-state index in [0.29, 0.717) is 24.3 Å². The Labute approximate surface area is 183 Å². The van der Waals surface area contributed by atoms with Crippen molar-refractivity contribution >= 4 is 29.3 Å². The molecule has 31 heavy (non-hydrogen) atoms. The molecule has 0 fully saturated rings. The number of fused-ring (bicyclic) bond motifs is 3. The molecule has 10 heteroatoms. The maximum atomic E-state index is 13.5. The van der Waals surface area contributed by atoms with Crippen LogP contribution in [0.4, 0.5) is 4.39 Å². The monoisotopic (exact) mass is 448 g/mol. The maximum absolute atomic E-state index is 13.5. The fourth-order valence-corrected chi connectivity index (χ4v) is 4.43. The van der Waals surface area contributed by atoms with E-state index in [2.05, 4.69) is 0 Å². The molecule has 1 unspecified atom stereocenters. The standard InChI is InChI=1S/C21H22ClFN4O4/c1-24(2)19(29)12-10-26(9-11-4-5-14(23)13(22)8-11)20(30)15-16(12)27-7-6-25(3)21(31)17(27)18(15)28/h4-5,8,12,28H,6-7,9-10H2,1-3H3. The number of hydrogen-bond donors (Lipinski definition) is 1. The van der Waals surface area contributed by atoms with Gasteiger partial charge in [-0.2, -0.15) is 0 Å². The van der Waals surface area contributed by atoms with Gasteiger partial charge in [-0.05, 0) is 17.7 Å². The van der Waals surface area contributed by atoms with Crippen molar-refractivity contribution in [3.8, 4) is 5.75 Å². The molecule has 0 bridgehead atoms. The highest BCUT2D eigenvalue weighted by Gasteiger charge is 2.45. The van der Waals surface area contributed by atoms with E-state index in [1.165, 1.54) is 32.9 Å². The number of benzene rings is 1. The van der Waals surface area contributed by atoms with Crippen LogP contribution in [0.25, 0.3) is 0 Å². The molecule has 1 aromatic carbocycles. The van der Waals surface area contributed by atoms with E-state index in [-0.39, 0.29) is 35.3 Å². The molecule has 1 aromatic heterocycles. The first-order valence-electron chi connectivity index (χ1n) is 9.77. The highest BCUT2D eigenvalue weighted by Crippen LogP contribution is 2.41. The van der Waals surface area contributed by atoms with E-state index >= 15 is 0 Å². The average molecular weight is 449 g/mol. The van der Waals surface area contributed by atoms with Crippen molar-refractivity contribution < 1.29 is 23.9 Å². The summed E-state index contributed by atoms with van der Waals surface area (Å²) in [6, 6.07) is 4.14. The van der Waals surface area contributed by atoms with Gasteiger partial charge >= 0.3 is 0 Å². The van der Waals surface area contributed by atoms with Crippen LogP contribution in [0.15, 0.2) is 18.2 Å². The molecule has 0 saturated carbocycles. The largest absolute Gasteiger partial charge is 0.505 e. The fourth-order valence-electron chi connectivity index (χ4n) is 4.23. The first-order chi connectivity index (χ1) is 14.6. The zero-order valence-corrected chi connectivity index (χ0v) is 18.1. The Morgan fingerprint density at radius 3 is 2.61 bits per heavy atom. The van der Waals surface area contributed by atoms with Gasteiger partial charge in [0.1, 0.15) is 11.4 Å². The van der Waals surface area contributed by atoms with Gasteiger partial charge in [0.05, 0.1) is 10.9 Å². The summed E-state index contributed by atoms with van der Waals surface area (Å²) in [5.41, 5.74) is 0.943. The second-order valence-corrected chi connectivity index (χ2v) is 8.46. The highest BCUT2D eigenvalue weighted by molar-refractivity contribution is 6.30. The molecule has 3 amide bonds. The lowest BCUT2D eigenvalue weighted by Crippen LogP contribution is -2.46. The third-order valence-electron chi connectivity index (χ3n) is 5.82. The summed E-state index contributed by atoms with van der Waals surface area (Å²) in [6.07, 6.45) is 0. The summed E-state index contributed by atoms with van der Waals surface area (Å²) in [6.45, 7) is 0.911. The van der Waals surface area contributed by atoms with E-state index in [1.807, 2.05) is 0 Å². The highest BCUT2D eigenvalue weighted by atomic mass is 35.5. The van der Waals surface area contributed by atoms with Crippen LogP contribution in [-0.4, -0.2) is 76.3 Å². The molecule has 4 rings (SSSR count). The molecular formula is C21H22ClFN4O4. The van der Waals surface area contributed by atoms with E-state index in [4.69, 9.17) is 11.6 Å². The Kier molecular flexibility index (Phi) is 5.17. The predicted molar refractivity (Wildman–Crippen MR) is 111 cm³/mol.